The Balaban J connectivity index is 1.90. The number of rotatable bonds is 6. The summed E-state index contributed by atoms with van der Waals surface area (Å²) in [5, 5.41) is 20.1. The highest BCUT2D eigenvalue weighted by Crippen LogP contribution is 2.47. The van der Waals surface area contributed by atoms with Gasteiger partial charge in [-0.25, -0.2) is 13.2 Å². The summed E-state index contributed by atoms with van der Waals surface area (Å²) in [6.45, 7) is 0. The molecule has 3 rings (SSSR count). The van der Waals surface area contributed by atoms with E-state index in [2.05, 4.69) is 4.72 Å². The molecule has 0 aliphatic carbocycles. The molecule has 1 atom stereocenters. The number of nitro groups is 1. The molecule has 1 unspecified atom stereocenters. The smallest absolute Gasteiger partial charge is 0.344 e. The van der Waals surface area contributed by atoms with Crippen LogP contribution in [0.1, 0.15) is 17.2 Å². The Morgan fingerprint density at radius 3 is 2.52 bits per heavy atom. The average molecular weight is 406 g/mol. The summed E-state index contributed by atoms with van der Waals surface area (Å²) in [7, 11) is -4.16. The van der Waals surface area contributed by atoms with Gasteiger partial charge in [0.15, 0.2) is 0 Å². The monoisotopic (exact) mass is 406 g/mol. The molecule has 0 amide bonds. The lowest BCUT2D eigenvalue weighted by Gasteiger charge is -2.11. The van der Waals surface area contributed by atoms with Crippen molar-refractivity contribution < 1.29 is 23.2 Å². The van der Waals surface area contributed by atoms with E-state index < -0.39 is 20.9 Å². The van der Waals surface area contributed by atoms with E-state index >= 15 is 0 Å². The molecule has 0 saturated heterocycles. The van der Waals surface area contributed by atoms with Crippen molar-refractivity contribution in [2.75, 3.05) is 0 Å². The molecular weight excluding hydrogens is 392 g/mol. The maximum Gasteiger partial charge on any atom is 0.344 e. The Morgan fingerprint density at radius 1 is 1.19 bits per heavy atom. The first-order valence-electron chi connectivity index (χ1n) is 7.73. The second-order valence-corrected chi connectivity index (χ2v) is 8.59. The van der Waals surface area contributed by atoms with Crippen LogP contribution in [0.15, 0.2) is 70.1 Å². The van der Waals surface area contributed by atoms with Gasteiger partial charge in [-0.2, -0.15) is 0 Å². The molecule has 0 spiro atoms. The van der Waals surface area contributed by atoms with Crippen LogP contribution in [0.5, 0.6) is 0 Å². The summed E-state index contributed by atoms with van der Waals surface area (Å²) in [6, 6.07) is 13.7. The normalized spacial score (nSPS) is 17.0. The van der Waals surface area contributed by atoms with Crippen LogP contribution in [0.4, 0.5) is 5.69 Å². The van der Waals surface area contributed by atoms with Crippen LogP contribution in [0.25, 0.3) is 0 Å². The predicted molar refractivity (Wildman–Crippen MR) is 99.5 cm³/mol. The topological polar surface area (TPSA) is 127 Å². The maximum atomic E-state index is 12.6. The predicted octanol–water partition coefficient (Wildman–Crippen LogP) is 3.05. The first-order valence-corrected chi connectivity index (χ1v) is 10.1. The van der Waals surface area contributed by atoms with Gasteiger partial charge in [-0.05, 0) is 11.6 Å². The summed E-state index contributed by atoms with van der Waals surface area (Å²) >= 11 is 1.07. The number of carboxylic acids is 1. The van der Waals surface area contributed by atoms with Gasteiger partial charge in [0.2, 0.25) is 0 Å². The fourth-order valence-corrected chi connectivity index (χ4v) is 5.07. The molecule has 0 bridgehead atoms. The SMILES string of the molecule is O=C(O)C1=C(NS(=O)(=O)c2cccc([N+](=O)[O-])c2)CC(c2ccccc2)S1. The maximum absolute atomic E-state index is 12.6. The standard InChI is InChI=1S/C17H14N2O6S2/c20-17(21)16-14(10-15(26-16)11-5-2-1-3-6-11)18-27(24,25)13-8-4-7-12(9-13)19(22)23/h1-9,15,18H,10H2,(H,20,21). The highest BCUT2D eigenvalue weighted by atomic mass is 32.2. The van der Waals surface area contributed by atoms with Gasteiger partial charge in [-0.1, -0.05) is 36.4 Å². The van der Waals surface area contributed by atoms with Crippen molar-refractivity contribution in [1.82, 2.24) is 4.72 Å². The van der Waals surface area contributed by atoms with Gasteiger partial charge in [0.25, 0.3) is 15.7 Å². The zero-order chi connectivity index (χ0) is 19.6. The number of sulfonamides is 1. The molecule has 2 aromatic carbocycles. The van der Waals surface area contributed by atoms with Crippen LogP contribution < -0.4 is 4.72 Å². The zero-order valence-corrected chi connectivity index (χ0v) is 15.4. The Labute approximate surface area is 159 Å². The number of nitrogens with zero attached hydrogens (tertiary/aromatic N) is 1. The minimum atomic E-state index is -4.16. The molecule has 27 heavy (non-hydrogen) atoms. The lowest BCUT2D eigenvalue weighted by Crippen LogP contribution is -2.24. The molecule has 0 aromatic heterocycles. The van der Waals surface area contributed by atoms with E-state index in [0.717, 1.165) is 23.4 Å². The number of aliphatic carboxylic acids is 1. The number of non-ortho nitro benzene ring substituents is 1. The van der Waals surface area contributed by atoms with Crippen molar-refractivity contribution in [3.63, 3.8) is 0 Å². The second kappa shape index (κ2) is 7.41. The summed E-state index contributed by atoms with van der Waals surface area (Å²) in [4.78, 5) is 21.3. The van der Waals surface area contributed by atoms with E-state index in [0.29, 0.717) is 0 Å². The molecule has 0 saturated carbocycles. The van der Waals surface area contributed by atoms with Crippen molar-refractivity contribution >= 4 is 33.4 Å². The van der Waals surface area contributed by atoms with E-state index in [1.807, 2.05) is 30.3 Å². The van der Waals surface area contributed by atoms with Crippen LogP contribution in [0.3, 0.4) is 0 Å². The summed E-state index contributed by atoms with van der Waals surface area (Å²) in [6.07, 6.45) is 0.185. The molecule has 8 nitrogen and oxygen atoms in total. The van der Waals surface area contributed by atoms with Crippen molar-refractivity contribution in [1.29, 1.82) is 0 Å². The summed E-state index contributed by atoms with van der Waals surface area (Å²) in [5.41, 5.74) is 0.576. The third kappa shape index (κ3) is 4.12. The van der Waals surface area contributed by atoms with Crippen molar-refractivity contribution in [2.24, 2.45) is 0 Å². The van der Waals surface area contributed by atoms with Crippen LogP contribution in [0.2, 0.25) is 0 Å². The zero-order valence-electron chi connectivity index (χ0n) is 13.7. The largest absolute Gasteiger partial charge is 0.477 e. The van der Waals surface area contributed by atoms with Crippen LogP contribution in [0, 0.1) is 10.1 Å². The van der Waals surface area contributed by atoms with Gasteiger partial charge >= 0.3 is 5.97 Å². The van der Waals surface area contributed by atoms with Gasteiger partial charge in [0.05, 0.1) is 9.82 Å². The number of hydrogen-bond acceptors (Lipinski definition) is 6. The molecule has 1 heterocycles. The van der Waals surface area contributed by atoms with E-state index in [9.17, 15) is 28.4 Å². The van der Waals surface area contributed by atoms with Crippen LogP contribution in [-0.4, -0.2) is 24.4 Å². The number of allylic oxidation sites excluding steroid dienone is 1. The molecule has 2 N–H and O–H groups in total. The van der Waals surface area contributed by atoms with Crippen LogP contribution >= 0.6 is 11.8 Å². The van der Waals surface area contributed by atoms with Crippen molar-refractivity contribution in [3.8, 4) is 0 Å². The number of thioether (sulfide) groups is 1. The summed E-state index contributed by atoms with van der Waals surface area (Å²) in [5.74, 6) is -1.23. The number of carboxylic acid groups (broad SMARTS) is 1. The van der Waals surface area contributed by atoms with E-state index in [4.69, 9.17) is 0 Å². The fourth-order valence-electron chi connectivity index (χ4n) is 2.64. The first-order chi connectivity index (χ1) is 12.8. The highest BCUT2D eigenvalue weighted by molar-refractivity contribution is 8.04. The molecule has 0 fully saturated rings. The molecule has 1 aliphatic heterocycles. The minimum Gasteiger partial charge on any atom is -0.477 e. The van der Waals surface area contributed by atoms with Gasteiger partial charge < -0.3 is 5.11 Å². The molecule has 0 radical (unpaired) electrons. The van der Waals surface area contributed by atoms with Gasteiger partial charge in [-0.15, -0.1) is 11.8 Å². The lowest BCUT2D eigenvalue weighted by molar-refractivity contribution is -0.385. The highest BCUT2D eigenvalue weighted by Gasteiger charge is 2.33. The number of hydrogen-bond donors (Lipinski definition) is 2. The molecule has 2 aromatic rings. The Morgan fingerprint density at radius 2 is 1.89 bits per heavy atom. The summed E-state index contributed by atoms with van der Waals surface area (Å²) < 4.78 is 27.5. The lowest BCUT2D eigenvalue weighted by atomic mass is 10.1. The van der Waals surface area contributed by atoms with Crippen molar-refractivity contribution in [3.05, 3.63) is 80.9 Å². The van der Waals surface area contributed by atoms with Gasteiger partial charge in [-0.3, -0.25) is 14.8 Å². The molecular formula is C17H14N2O6S2. The minimum absolute atomic E-state index is 0.0628. The number of nitro benzene ring substituents is 1. The number of carbonyl (C=O) groups is 1. The Bertz CT molecular complexity index is 1030. The first kappa shape index (κ1) is 18.9. The van der Waals surface area contributed by atoms with E-state index in [-0.39, 0.29) is 32.9 Å². The third-order valence-electron chi connectivity index (χ3n) is 3.89. The van der Waals surface area contributed by atoms with E-state index in [1.165, 1.54) is 18.2 Å². The second-order valence-electron chi connectivity index (χ2n) is 5.69. The van der Waals surface area contributed by atoms with Gasteiger partial charge in [0, 0.05) is 29.5 Å². The fraction of sp³-hybridized carbons (Fsp3) is 0.118. The molecule has 10 heteroatoms. The van der Waals surface area contributed by atoms with Crippen LogP contribution in [-0.2, 0) is 14.8 Å². The Kier molecular flexibility index (Phi) is 5.19. The number of benzene rings is 2. The van der Waals surface area contributed by atoms with Crippen molar-refractivity contribution in [2.45, 2.75) is 16.6 Å². The van der Waals surface area contributed by atoms with Gasteiger partial charge in [0.1, 0.15) is 4.91 Å². The number of nitrogens with one attached hydrogen (secondary N) is 1. The van der Waals surface area contributed by atoms with E-state index in [1.54, 1.807) is 0 Å². The molecule has 1 aliphatic rings. The quantitative estimate of drug-likeness (QED) is 0.557. The molecule has 140 valence electrons. The average Bonchev–Trinajstić information content (AvgIpc) is 3.06. The third-order valence-corrected chi connectivity index (χ3v) is 6.66. The Hall–Kier alpha value is -2.85.